The van der Waals surface area contributed by atoms with E-state index in [2.05, 4.69) is 0 Å². The Morgan fingerprint density at radius 2 is 1.53 bits per heavy atom. The molecule has 5 rings (SSSR count). The largest absolute Gasteiger partial charge is 0.304 e. The average molecular weight is 454 g/mol. The number of benzene rings is 3. The number of amides is 2. The molecular weight excluding hydrogens is 438 g/mol. The number of para-hydroxylation sites is 1. The Labute approximate surface area is 182 Å². The summed E-state index contributed by atoms with van der Waals surface area (Å²) in [7, 11) is -4.34. The number of carbonyl (C=O) groups excluding carboxylic acids is 2. The zero-order valence-electron chi connectivity index (χ0n) is 16.5. The van der Waals surface area contributed by atoms with Gasteiger partial charge in [0.25, 0.3) is 10.8 Å². The van der Waals surface area contributed by atoms with Crippen molar-refractivity contribution in [3.05, 3.63) is 95.6 Å². The van der Waals surface area contributed by atoms with Gasteiger partial charge in [0, 0.05) is 16.8 Å². The first kappa shape index (κ1) is 20.3. The van der Waals surface area contributed by atoms with E-state index in [9.17, 15) is 26.8 Å². The normalized spacial score (nSPS) is 21.4. The molecule has 9 heteroatoms. The molecule has 0 radical (unpaired) electrons. The summed E-state index contributed by atoms with van der Waals surface area (Å²) in [6.07, 6.45) is 0. The van der Waals surface area contributed by atoms with Crippen LogP contribution in [0.25, 0.3) is 0 Å². The lowest BCUT2D eigenvalue weighted by Crippen LogP contribution is -2.54. The summed E-state index contributed by atoms with van der Waals surface area (Å²) in [4.78, 5) is 26.6. The molecule has 3 aromatic carbocycles. The molecule has 2 amide bonds. The maximum Gasteiger partial charge on any atom is 0.274 e. The number of nitrogens with zero attached hydrogens (tertiary/aromatic N) is 2. The first-order valence-electron chi connectivity index (χ1n) is 9.73. The number of fused-ring (bicyclic) bond motifs is 2. The SMILES string of the molecule is O=C1CS(=O)(=O)C2(C(=O)N(Cc3ccccc3F)c3ccccc32)N1c1ccc(F)cc1. The summed E-state index contributed by atoms with van der Waals surface area (Å²) in [6.45, 7) is -0.217. The van der Waals surface area contributed by atoms with Crippen LogP contribution < -0.4 is 9.80 Å². The molecule has 1 fully saturated rings. The van der Waals surface area contributed by atoms with Gasteiger partial charge in [-0.2, -0.15) is 0 Å². The van der Waals surface area contributed by atoms with E-state index in [1.165, 1.54) is 41.3 Å². The molecule has 1 saturated heterocycles. The van der Waals surface area contributed by atoms with Crippen LogP contribution in [0.2, 0.25) is 0 Å². The van der Waals surface area contributed by atoms with Gasteiger partial charge in [0.2, 0.25) is 5.91 Å². The summed E-state index contributed by atoms with van der Waals surface area (Å²) < 4.78 is 54.7. The molecule has 2 heterocycles. The number of carbonyl (C=O) groups is 2. The van der Waals surface area contributed by atoms with Crippen molar-refractivity contribution in [2.24, 2.45) is 0 Å². The number of anilines is 2. The Balaban J connectivity index is 1.74. The zero-order chi connectivity index (χ0) is 22.7. The van der Waals surface area contributed by atoms with E-state index in [1.807, 2.05) is 0 Å². The molecule has 1 spiro atoms. The molecule has 1 unspecified atom stereocenters. The molecule has 0 N–H and O–H groups in total. The summed E-state index contributed by atoms with van der Waals surface area (Å²) in [6, 6.07) is 16.8. The van der Waals surface area contributed by atoms with Crippen LogP contribution in [0.4, 0.5) is 20.2 Å². The summed E-state index contributed by atoms with van der Waals surface area (Å²) in [5.74, 6) is -3.67. The Kier molecular flexibility index (Phi) is 4.42. The van der Waals surface area contributed by atoms with Crippen molar-refractivity contribution in [1.29, 1.82) is 0 Å². The molecule has 0 saturated carbocycles. The van der Waals surface area contributed by atoms with E-state index in [0.717, 1.165) is 17.0 Å². The van der Waals surface area contributed by atoms with E-state index in [4.69, 9.17) is 0 Å². The van der Waals surface area contributed by atoms with Crippen molar-refractivity contribution in [1.82, 2.24) is 0 Å². The van der Waals surface area contributed by atoms with Crippen molar-refractivity contribution in [2.45, 2.75) is 11.4 Å². The maximum atomic E-state index is 14.4. The van der Waals surface area contributed by atoms with Gasteiger partial charge in [0.1, 0.15) is 17.4 Å². The van der Waals surface area contributed by atoms with E-state index in [-0.39, 0.29) is 29.0 Å². The lowest BCUT2D eigenvalue weighted by molar-refractivity contribution is -0.123. The number of rotatable bonds is 3. The van der Waals surface area contributed by atoms with Gasteiger partial charge in [0.15, 0.2) is 9.84 Å². The smallest absolute Gasteiger partial charge is 0.274 e. The highest BCUT2D eigenvalue weighted by atomic mass is 32.2. The van der Waals surface area contributed by atoms with Gasteiger partial charge in [-0.25, -0.2) is 17.2 Å². The predicted molar refractivity (Wildman–Crippen MR) is 113 cm³/mol. The van der Waals surface area contributed by atoms with Crippen molar-refractivity contribution in [3.8, 4) is 0 Å². The molecule has 2 aliphatic rings. The second-order valence-electron chi connectivity index (χ2n) is 7.61. The minimum absolute atomic E-state index is 0.0772. The molecule has 162 valence electrons. The highest BCUT2D eigenvalue weighted by molar-refractivity contribution is 7.94. The highest BCUT2D eigenvalue weighted by Crippen LogP contribution is 2.52. The van der Waals surface area contributed by atoms with Crippen molar-refractivity contribution in [3.63, 3.8) is 0 Å². The fraction of sp³-hybridized carbons (Fsp3) is 0.130. The third-order valence-corrected chi connectivity index (χ3v) is 7.90. The molecule has 3 aromatic rings. The van der Waals surface area contributed by atoms with Crippen LogP contribution in [0.15, 0.2) is 72.8 Å². The molecule has 0 aromatic heterocycles. The molecule has 6 nitrogen and oxygen atoms in total. The van der Waals surface area contributed by atoms with Crippen molar-refractivity contribution in [2.75, 3.05) is 15.6 Å². The van der Waals surface area contributed by atoms with E-state index < -0.39 is 43.9 Å². The lowest BCUT2D eigenvalue weighted by atomic mass is 10.0. The minimum atomic E-state index is -4.34. The number of halogens is 2. The highest BCUT2D eigenvalue weighted by Gasteiger charge is 2.69. The third-order valence-electron chi connectivity index (χ3n) is 5.79. The first-order valence-corrected chi connectivity index (χ1v) is 11.4. The average Bonchev–Trinajstić information content (AvgIpc) is 3.13. The Hall–Kier alpha value is -3.59. The summed E-state index contributed by atoms with van der Waals surface area (Å²) in [5.41, 5.74) is 0.652. The number of hydrogen-bond donors (Lipinski definition) is 0. The quantitative estimate of drug-likeness (QED) is 0.610. The lowest BCUT2D eigenvalue weighted by Gasteiger charge is -2.32. The first-order chi connectivity index (χ1) is 15.3. The monoisotopic (exact) mass is 454 g/mol. The Bertz CT molecular complexity index is 1370. The zero-order valence-corrected chi connectivity index (χ0v) is 17.4. The standard InChI is InChI=1S/C23H16F2N2O4S/c24-16-9-11-17(12-10-16)27-21(28)14-32(30,31)23(27)18-6-2-4-8-20(18)26(22(23)29)13-15-5-1-3-7-19(15)25/h1-12H,13-14H2. The molecular formula is C23H16F2N2O4S. The third kappa shape index (κ3) is 2.64. The Morgan fingerprint density at radius 3 is 2.25 bits per heavy atom. The second kappa shape index (κ2) is 6.96. The van der Waals surface area contributed by atoms with Gasteiger partial charge < -0.3 is 4.90 Å². The predicted octanol–water partition coefficient (Wildman–Crippen LogP) is 3.13. The van der Waals surface area contributed by atoms with Gasteiger partial charge in [0.05, 0.1) is 12.2 Å². The van der Waals surface area contributed by atoms with E-state index in [1.54, 1.807) is 24.3 Å². The molecule has 32 heavy (non-hydrogen) atoms. The van der Waals surface area contributed by atoms with Crippen LogP contribution in [-0.2, 0) is 30.8 Å². The van der Waals surface area contributed by atoms with Crippen LogP contribution in [-0.4, -0.2) is 26.0 Å². The molecule has 1 atom stereocenters. The van der Waals surface area contributed by atoms with Crippen LogP contribution in [0.3, 0.4) is 0 Å². The summed E-state index contributed by atoms with van der Waals surface area (Å²) in [5, 5.41) is 0. The van der Waals surface area contributed by atoms with E-state index >= 15 is 0 Å². The summed E-state index contributed by atoms with van der Waals surface area (Å²) >= 11 is 0. The van der Waals surface area contributed by atoms with Crippen LogP contribution >= 0.6 is 0 Å². The molecule has 0 aliphatic carbocycles. The van der Waals surface area contributed by atoms with Crippen LogP contribution in [0.1, 0.15) is 11.1 Å². The Morgan fingerprint density at radius 1 is 0.875 bits per heavy atom. The van der Waals surface area contributed by atoms with Gasteiger partial charge in [-0.1, -0.05) is 36.4 Å². The molecule has 2 aliphatic heterocycles. The van der Waals surface area contributed by atoms with Crippen molar-refractivity contribution < 1.29 is 26.8 Å². The van der Waals surface area contributed by atoms with Gasteiger partial charge in [-0.05, 0) is 36.4 Å². The van der Waals surface area contributed by atoms with Gasteiger partial charge >= 0.3 is 0 Å². The van der Waals surface area contributed by atoms with Gasteiger partial charge in [-0.15, -0.1) is 0 Å². The van der Waals surface area contributed by atoms with Crippen LogP contribution in [0, 0.1) is 11.6 Å². The maximum absolute atomic E-state index is 14.4. The number of sulfone groups is 1. The minimum Gasteiger partial charge on any atom is -0.304 e. The number of hydrogen-bond acceptors (Lipinski definition) is 4. The van der Waals surface area contributed by atoms with Gasteiger partial charge in [-0.3, -0.25) is 14.5 Å². The molecule has 0 bridgehead atoms. The fourth-order valence-electron chi connectivity index (χ4n) is 4.44. The van der Waals surface area contributed by atoms with Crippen molar-refractivity contribution >= 4 is 33.0 Å². The fourth-order valence-corrected chi connectivity index (χ4v) is 6.47. The van der Waals surface area contributed by atoms with E-state index in [0.29, 0.717) is 0 Å². The topological polar surface area (TPSA) is 74.8 Å². The van der Waals surface area contributed by atoms with Crippen LogP contribution in [0.5, 0.6) is 0 Å². The second-order valence-corrected chi connectivity index (χ2v) is 9.72.